The third kappa shape index (κ3) is 4.09. The SMILES string of the molecule is CCN(CC)CC(O)CCN1C(=O)CCC1=O. The first-order valence-electron chi connectivity index (χ1n) is 6.32. The van der Waals surface area contributed by atoms with E-state index in [4.69, 9.17) is 0 Å². The van der Waals surface area contributed by atoms with E-state index in [0.717, 1.165) is 13.1 Å². The molecular formula is C12H22N2O3. The van der Waals surface area contributed by atoms with Crippen LogP contribution in [-0.4, -0.2) is 59.0 Å². The molecule has 1 rings (SSSR count). The zero-order valence-electron chi connectivity index (χ0n) is 10.7. The van der Waals surface area contributed by atoms with Gasteiger partial charge in [-0.25, -0.2) is 0 Å². The maximum Gasteiger partial charge on any atom is 0.229 e. The molecule has 5 heteroatoms. The number of carbonyl (C=O) groups excluding carboxylic acids is 2. The average Bonchev–Trinajstić information content (AvgIpc) is 2.63. The largest absolute Gasteiger partial charge is 0.392 e. The zero-order chi connectivity index (χ0) is 12.8. The van der Waals surface area contributed by atoms with Crippen LogP contribution in [-0.2, 0) is 9.59 Å². The third-order valence-corrected chi connectivity index (χ3v) is 3.20. The Kier molecular flexibility index (Phi) is 5.58. The minimum absolute atomic E-state index is 0.106. The lowest BCUT2D eigenvalue weighted by atomic mass is 10.2. The number of aliphatic hydroxyl groups excluding tert-OH is 1. The Labute approximate surface area is 102 Å². The highest BCUT2D eigenvalue weighted by Crippen LogP contribution is 2.12. The highest BCUT2D eigenvalue weighted by atomic mass is 16.3. The number of hydrogen-bond donors (Lipinski definition) is 1. The normalized spacial score (nSPS) is 18.2. The molecule has 1 aliphatic heterocycles. The Balaban J connectivity index is 2.30. The van der Waals surface area contributed by atoms with Gasteiger partial charge in [0, 0.05) is 25.9 Å². The Morgan fingerprint density at radius 2 is 1.76 bits per heavy atom. The molecule has 0 aromatic rings. The Bertz CT molecular complexity index is 261. The van der Waals surface area contributed by atoms with E-state index in [-0.39, 0.29) is 11.8 Å². The number of imide groups is 1. The summed E-state index contributed by atoms with van der Waals surface area (Å²) in [5, 5.41) is 9.82. The monoisotopic (exact) mass is 242 g/mol. The van der Waals surface area contributed by atoms with Gasteiger partial charge in [-0.2, -0.15) is 0 Å². The van der Waals surface area contributed by atoms with Crippen LogP contribution in [0.5, 0.6) is 0 Å². The number of rotatable bonds is 7. The van der Waals surface area contributed by atoms with Crippen molar-refractivity contribution in [2.24, 2.45) is 0 Å². The fourth-order valence-electron chi connectivity index (χ4n) is 2.02. The third-order valence-electron chi connectivity index (χ3n) is 3.20. The molecule has 1 heterocycles. The van der Waals surface area contributed by atoms with Gasteiger partial charge in [-0.1, -0.05) is 13.8 Å². The van der Waals surface area contributed by atoms with Crippen LogP contribution in [0.15, 0.2) is 0 Å². The number of amides is 2. The summed E-state index contributed by atoms with van der Waals surface area (Å²) in [6.45, 7) is 6.83. The molecule has 0 spiro atoms. The molecule has 5 nitrogen and oxygen atoms in total. The van der Waals surface area contributed by atoms with Gasteiger partial charge in [0.15, 0.2) is 0 Å². The summed E-state index contributed by atoms with van der Waals surface area (Å²) in [6, 6.07) is 0. The Morgan fingerprint density at radius 1 is 1.24 bits per heavy atom. The zero-order valence-corrected chi connectivity index (χ0v) is 10.7. The molecule has 1 saturated heterocycles. The van der Waals surface area contributed by atoms with Crippen LogP contribution >= 0.6 is 0 Å². The lowest BCUT2D eigenvalue weighted by Gasteiger charge is -2.23. The maximum absolute atomic E-state index is 11.3. The molecule has 0 radical (unpaired) electrons. The van der Waals surface area contributed by atoms with Gasteiger partial charge in [0.05, 0.1) is 6.10 Å². The second kappa shape index (κ2) is 6.71. The summed E-state index contributed by atoms with van der Waals surface area (Å²) < 4.78 is 0. The van der Waals surface area contributed by atoms with Crippen molar-refractivity contribution in [3.63, 3.8) is 0 Å². The average molecular weight is 242 g/mol. The number of likely N-dealkylation sites (N-methyl/N-ethyl adjacent to an activating group) is 1. The fourth-order valence-corrected chi connectivity index (χ4v) is 2.02. The van der Waals surface area contributed by atoms with E-state index in [1.807, 2.05) is 13.8 Å². The van der Waals surface area contributed by atoms with Crippen LogP contribution in [0, 0.1) is 0 Å². The number of carbonyl (C=O) groups is 2. The van der Waals surface area contributed by atoms with Crippen molar-refractivity contribution in [2.45, 2.75) is 39.2 Å². The minimum Gasteiger partial charge on any atom is -0.392 e. The standard InChI is InChI=1S/C12H22N2O3/c1-3-13(4-2)9-10(15)7-8-14-11(16)5-6-12(14)17/h10,15H,3-9H2,1-2H3. The van der Waals surface area contributed by atoms with Crippen molar-refractivity contribution in [1.29, 1.82) is 0 Å². The Morgan fingerprint density at radius 3 is 2.24 bits per heavy atom. The van der Waals surface area contributed by atoms with Crippen molar-refractivity contribution in [3.05, 3.63) is 0 Å². The van der Waals surface area contributed by atoms with Gasteiger partial charge in [-0.3, -0.25) is 14.5 Å². The van der Waals surface area contributed by atoms with Gasteiger partial charge in [0.2, 0.25) is 11.8 Å². The smallest absolute Gasteiger partial charge is 0.229 e. The lowest BCUT2D eigenvalue weighted by molar-refractivity contribution is -0.138. The molecule has 1 unspecified atom stereocenters. The molecule has 0 bridgehead atoms. The molecule has 0 aromatic heterocycles. The quantitative estimate of drug-likeness (QED) is 0.649. The highest BCUT2D eigenvalue weighted by Gasteiger charge is 2.28. The predicted molar refractivity (Wildman–Crippen MR) is 64.4 cm³/mol. The molecule has 0 aromatic carbocycles. The van der Waals surface area contributed by atoms with Crippen LogP contribution < -0.4 is 0 Å². The molecule has 98 valence electrons. The van der Waals surface area contributed by atoms with E-state index >= 15 is 0 Å². The first kappa shape index (κ1) is 14.1. The molecule has 2 amide bonds. The summed E-state index contributed by atoms with van der Waals surface area (Å²) in [7, 11) is 0. The van der Waals surface area contributed by atoms with Crippen molar-refractivity contribution in [2.75, 3.05) is 26.2 Å². The van der Waals surface area contributed by atoms with Gasteiger partial charge < -0.3 is 10.0 Å². The predicted octanol–water partition coefficient (Wildman–Crippen LogP) is 0.228. The van der Waals surface area contributed by atoms with Crippen LogP contribution in [0.4, 0.5) is 0 Å². The van der Waals surface area contributed by atoms with E-state index in [1.165, 1.54) is 4.90 Å². The van der Waals surface area contributed by atoms with Gasteiger partial charge in [0.1, 0.15) is 0 Å². The summed E-state index contributed by atoms with van der Waals surface area (Å²) in [4.78, 5) is 26.1. The summed E-state index contributed by atoms with van der Waals surface area (Å²) in [5.41, 5.74) is 0. The van der Waals surface area contributed by atoms with E-state index in [0.29, 0.717) is 32.4 Å². The van der Waals surface area contributed by atoms with Gasteiger partial charge >= 0.3 is 0 Å². The maximum atomic E-state index is 11.3. The molecule has 1 atom stereocenters. The van der Waals surface area contributed by atoms with Crippen molar-refractivity contribution in [3.8, 4) is 0 Å². The second-order valence-electron chi connectivity index (χ2n) is 4.37. The Hall–Kier alpha value is -0.940. The van der Waals surface area contributed by atoms with E-state index in [1.54, 1.807) is 0 Å². The summed E-state index contributed by atoms with van der Waals surface area (Å²) >= 11 is 0. The molecule has 0 aliphatic carbocycles. The molecule has 1 aliphatic rings. The van der Waals surface area contributed by atoms with Crippen molar-refractivity contribution in [1.82, 2.24) is 9.80 Å². The number of likely N-dealkylation sites (tertiary alicyclic amines) is 1. The summed E-state index contributed by atoms with van der Waals surface area (Å²) in [6.07, 6.45) is 0.639. The lowest BCUT2D eigenvalue weighted by Crippen LogP contribution is -2.36. The molecule has 1 fully saturated rings. The van der Waals surface area contributed by atoms with Gasteiger partial charge in [0.25, 0.3) is 0 Å². The van der Waals surface area contributed by atoms with E-state index < -0.39 is 6.10 Å². The van der Waals surface area contributed by atoms with Crippen molar-refractivity contribution < 1.29 is 14.7 Å². The van der Waals surface area contributed by atoms with Crippen LogP contribution in [0.25, 0.3) is 0 Å². The number of aliphatic hydroxyl groups is 1. The summed E-state index contributed by atoms with van der Waals surface area (Å²) in [5.74, 6) is -0.213. The van der Waals surface area contributed by atoms with Crippen LogP contribution in [0.3, 0.4) is 0 Å². The molecule has 1 N–H and O–H groups in total. The van der Waals surface area contributed by atoms with Crippen molar-refractivity contribution >= 4 is 11.8 Å². The van der Waals surface area contributed by atoms with Crippen LogP contribution in [0.2, 0.25) is 0 Å². The van der Waals surface area contributed by atoms with Gasteiger partial charge in [-0.15, -0.1) is 0 Å². The van der Waals surface area contributed by atoms with E-state index in [2.05, 4.69) is 4.90 Å². The second-order valence-corrected chi connectivity index (χ2v) is 4.37. The minimum atomic E-state index is -0.476. The molecule has 0 saturated carbocycles. The van der Waals surface area contributed by atoms with Crippen LogP contribution in [0.1, 0.15) is 33.1 Å². The van der Waals surface area contributed by atoms with Gasteiger partial charge in [-0.05, 0) is 19.5 Å². The first-order valence-corrected chi connectivity index (χ1v) is 6.32. The fraction of sp³-hybridized carbons (Fsp3) is 0.833. The number of nitrogens with zero attached hydrogens (tertiary/aromatic N) is 2. The topological polar surface area (TPSA) is 60.9 Å². The molecular weight excluding hydrogens is 220 g/mol. The number of hydrogen-bond acceptors (Lipinski definition) is 4. The van der Waals surface area contributed by atoms with E-state index in [9.17, 15) is 14.7 Å². The molecule has 17 heavy (non-hydrogen) atoms. The first-order chi connectivity index (χ1) is 8.08. The highest BCUT2D eigenvalue weighted by molar-refractivity contribution is 6.01.